The van der Waals surface area contributed by atoms with Crippen molar-refractivity contribution in [3.8, 4) is 6.07 Å². The molecule has 1 aromatic carbocycles. The molecule has 76 valence electrons. The van der Waals surface area contributed by atoms with E-state index in [9.17, 15) is 0 Å². The summed E-state index contributed by atoms with van der Waals surface area (Å²) in [6, 6.07) is 8.22. The van der Waals surface area contributed by atoms with Crippen molar-refractivity contribution in [3.05, 3.63) is 30.1 Å². The van der Waals surface area contributed by atoms with Gasteiger partial charge in [-0.15, -0.1) is 0 Å². The molecular formula is C11H12N4. The van der Waals surface area contributed by atoms with Crippen molar-refractivity contribution in [1.29, 1.82) is 5.26 Å². The smallest absolute Gasteiger partial charge is 0.0931 e. The zero-order valence-electron chi connectivity index (χ0n) is 8.57. The van der Waals surface area contributed by atoms with Crippen LogP contribution in [0.5, 0.6) is 0 Å². The molecule has 2 aromatic rings. The number of aromatic nitrogens is 2. The molecule has 0 spiro atoms. The molecule has 0 atom stereocenters. The second-order valence-electron chi connectivity index (χ2n) is 3.58. The van der Waals surface area contributed by atoms with Gasteiger partial charge in [-0.05, 0) is 24.7 Å². The van der Waals surface area contributed by atoms with Gasteiger partial charge in [0.1, 0.15) is 0 Å². The van der Waals surface area contributed by atoms with Gasteiger partial charge in [-0.3, -0.25) is 4.90 Å². The number of hydrogen-bond donors (Lipinski definition) is 1. The molecule has 0 bridgehead atoms. The predicted octanol–water partition coefficient (Wildman–Crippen LogP) is 1.52. The Bertz CT molecular complexity index is 495. The number of imidazole rings is 1. The number of aromatic amines is 1. The first-order valence-corrected chi connectivity index (χ1v) is 4.77. The third-order valence-electron chi connectivity index (χ3n) is 2.28. The lowest BCUT2D eigenvalue weighted by atomic mass is 10.2. The molecule has 0 saturated heterocycles. The van der Waals surface area contributed by atoms with E-state index in [-0.39, 0.29) is 0 Å². The van der Waals surface area contributed by atoms with E-state index in [1.165, 1.54) is 5.56 Å². The zero-order chi connectivity index (χ0) is 10.7. The third-order valence-corrected chi connectivity index (χ3v) is 2.28. The fourth-order valence-corrected chi connectivity index (χ4v) is 1.57. The molecule has 0 unspecified atom stereocenters. The Morgan fingerprint density at radius 1 is 1.53 bits per heavy atom. The molecule has 0 aliphatic heterocycles. The number of nitrogens with one attached hydrogen (secondary N) is 1. The van der Waals surface area contributed by atoms with Crippen LogP contribution in [-0.4, -0.2) is 28.5 Å². The maximum atomic E-state index is 8.55. The Kier molecular flexibility index (Phi) is 2.66. The van der Waals surface area contributed by atoms with Crippen LogP contribution in [0.1, 0.15) is 5.56 Å². The maximum absolute atomic E-state index is 8.55. The lowest BCUT2D eigenvalue weighted by Gasteiger charge is -2.11. The molecule has 15 heavy (non-hydrogen) atoms. The molecule has 0 aliphatic carbocycles. The number of fused-ring (bicyclic) bond motifs is 1. The van der Waals surface area contributed by atoms with Crippen LogP contribution in [0.4, 0.5) is 0 Å². The number of rotatable bonds is 3. The number of nitriles is 1. The maximum Gasteiger partial charge on any atom is 0.0931 e. The summed E-state index contributed by atoms with van der Waals surface area (Å²) in [4.78, 5) is 9.19. The highest BCUT2D eigenvalue weighted by molar-refractivity contribution is 5.74. The summed E-state index contributed by atoms with van der Waals surface area (Å²) in [5.41, 5.74) is 3.20. The lowest BCUT2D eigenvalue weighted by molar-refractivity contribution is 0.367. The minimum atomic E-state index is 0.445. The molecule has 4 nitrogen and oxygen atoms in total. The standard InChI is InChI=1S/C11H12N4/c1-15(5-4-12)7-9-2-3-10-11(6-9)14-8-13-10/h2-3,6,8H,5,7H2,1H3,(H,13,14). The second-order valence-corrected chi connectivity index (χ2v) is 3.58. The molecule has 4 heteroatoms. The van der Waals surface area contributed by atoms with E-state index in [0.29, 0.717) is 6.54 Å². The van der Waals surface area contributed by atoms with Crippen LogP contribution in [0.25, 0.3) is 11.0 Å². The normalized spacial score (nSPS) is 10.7. The topological polar surface area (TPSA) is 55.7 Å². The fourth-order valence-electron chi connectivity index (χ4n) is 1.57. The van der Waals surface area contributed by atoms with Crippen LogP contribution in [0.3, 0.4) is 0 Å². The molecule has 0 amide bonds. The van der Waals surface area contributed by atoms with Crippen LogP contribution < -0.4 is 0 Å². The van der Waals surface area contributed by atoms with E-state index in [0.717, 1.165) is 17.6 Å². The minimum Gasteiger partial charge on any atom is -0.345 e. The van der Waals surface area contributed by atoms with Gasteiger partial charge in [0.2, 0.25) is 0 Å². The van der Waals surface area contributed by atoms with Gasteiger partial charge in [-0.2, -0.15) is 5.26 Å². The molecule has 0 aliphatic rings. The van der Waals surface area contributed by atoms with Crippen molar-refractivity contribution in [1.82, 2.24) is 14.9 Å². The van der Waals surface area contributed by atoms with E-state index >= 15 is 0 Å². The Labute approximate surface area is 88.2 Å². The van der Waals surface area contributed by atoms with E-state index in [2.05, 4.69) is 22.1 Å². The van der Waals surface area contributed by atoms with E-state index in [4.69, 9.17) is 5.26 Å². The number of benzene rings is 1. The Morgan fingerprint density at radius 2 is 2.40 bits per heavy atom. The minimum absolute atomic E-state index is 0.445. The zero-order valence-corrected chi connectivity index (χ0v) is 8.57. The van der Waals surface area contributed by atoms with Gasteiger partial charge in [0, 0.05) is 6.54 Å². The van der Waals surface area contributed by atoms with Gasteiger partial charge >= 0.3 is 0 Å². The molecule has 1 heterocycles. The van der Waals surface area contributed by atoms with Crippen molar-refractivity contribution in [2.75, 3.05) is 13.6 Å². The molecule has 0 radical (unpaired) electrons. The van der Waals surface area contributed by atoms with Crippen LogP contribution in [-0.2, 0) is 6.54 Å². The van der Waals surface area contributed by atoms with Crippen LogP contribution >= 0.6 is 0 Å². The van der Waals surface area contributed by atoms with Gasteiger partial charge in [0.15, 0.2) is 0 Å². The SMILES string of the molecule is CN(CC#N)Cc1ccc2nc[nH]c2c1. The summed E-state index contributed by atoms with van der Waals surface area (Å²) in [6.45, 7) is 1.23. The Balaban J connectivity index is 2.18. The number of H-pyrrole nitrogens is 1. The quantitative estimate of drug-likeness (QED) is 0.764. The monoisotopic (exact) mass is 200 g/mol. The van der Waals surface area contributed by atoms with Gasteiger partial charge in [-0.1, -0.05) is 6.07 Å². The first-order chi connectivity index (χ1) is 7.29. The van der Waals surface area contributed by atoms with Crippen molar-refractivity contribution < 1.29 is 0 Å². The highest BCUT2D eigenvalue weighted by atomic mass is 15.1. The highest BCUT2D eigenvalue weighted by Gasteiger charge is 2.01. The van der Waals surface area contributed by atoms with E-state index in [1.54, 1.807) is 6.33 Å². The largest absolute Gasteiger partial charge is 0.345 e. The summed E-state index contributed by atoms with van der Waals surface area (Å²) in [5, 5.41) is 8.55. The van der Waals surface area contributed by atoms with Crippen molar-refractivity contribution >= 4 is 11.0 Å². The fraction of sp³-hybridized carbons (Fsp3) is 0.273. The molecule has 1 aromatic heterocycles. The summed E-state index contributed by atoms with van der Waals surface area (Å²) in [6.07, 6.45) is 1.69. The highest BCUT2D eigenvalue weighted by Crippen LogP contribution is 2.12. The molecular weight excluding hydrogens is 188 g/mol. The second kappa shape index (κ2) is 4.11. The first-order valence-electron chi connectivity index (χ1n) is 4.77. The average molecular weight is 200 g/mol. The third kappa shape index (κ3) is 2.14. The molecule has 0 saturated carbocycles. The summed E-state index contributed by atoms with van der Waals surface area (Å²) < 4.78 is 0. The van der Waals surface area contributed by atoms with E-state index < -0.39 is 0 Å². The first kappa shape index (κ1) is 9.69. The van der Waals surface area contributed by atoms with Crippen molar-refractivity contribution in [2.24, 2.45) is 0 Å². The Hall–Kier alpha value is -1.86. The predicted molar refractivity (Wildman–Crippen MR) is 58.0 cm³/mol. The summed E-state index contributed by atoms with van der Waals surface area (Å²) >= 11 is 0. The number of hydrogen-bond acceptors (Lipinski definition) is 3. The lowest BCUT2D eigenvalue weighted by Crippen LogP contribution is -2.17. The molecule has 0 fully saturated rings. The van der Waals surface area contributed by atoms with Gasteiger partial charge in [0.25, 0.3) is 0 Å². The molecule has 2 rings (SSSR count). The van der Waals surface area contributed by atoms with Crippen LogP contribution in [0.2, 0.25) is 0 Å². The Morgan fingerprint density at radius 3 is 3.20 bits per heavy atom. The average Bonchev–Trinajstić information content (AvgIpc) is 2.65. The molecule has 1 N–H and O–H groups in total. The van der Waals surface area contributed by atoms with Crippen molar-refractivity contribution in [3.63, 3.8) is 0 Å². The van der Waals surface area contributed by atoms with Crippen molar-refractivity contribution in [2.45, 2.75) is 6.54 Å². The van der Waals surface area contributed by atoms with Gasteiger partial charge in [-0.25, -0.2) is 4.98 Å². The number of nitrogens with zero attached hydrogens (tertiary/aromatic N) is 3. The van der Waals surface area contributed by atoms with Crippen LogP contribution in [0, 0.1) is 11.3 Å². The van der Waals surface area contributed by atoms with Gasteiger partial charge in [0.05, 0.1) is 30.0 Å². The summed E-state index contributed by atoms with van der Waals surface area (Å²) in [7, 11) is 1.93. The van der Waals surface area contributed by atoms with E-state index in [1.807, 2.05) is 24.1 Å². The summed E-state index contributed by atoms with van der Waals surface area (Å²) in [5.74, 6) is 0. The van der Waals surface area contributed by atoms with Gasteiger partial charge < -0.3 is 4.98 Å². The van der Waals surface area contributed by atoms with Crippen LogP contribution in [0.15, 0.2) is 24.5 Å².